The molecule has 5 heteroatoms. The fourth-order valence-corrected chi connectivity index (χ4v) is 0.600. The highest BCUT2D eigenvalue weighted by atomic mass is 16.5. The van der Waals surface area contributed by atoms with Gasteiger partial charge in [0.05, 0.1) is 18.9 Å². The van der Waals surface area contributed by atoms with Crippen molar-refractivity contribution in [2.75, 3.05) is 7.11 Å². The van der Waals surface area contributed by atoms with Gasteiger partial charge in [-0.2, -0.15) is 0 Å². The average Bonchev–Trinajstić information content (AvgIpc) is 1.96. The molecule has 68 valence electrons. The number of rotatable bonds is 5. The number of hydrogen-bond donors (Lipinski definition) is 2. The van der Waals surface area contributed by atoms with E-state index in [4.69, 9.17) is 10.2 Å². The molecule has 0 aliphatic heterocycles. The van der Waals surface area contributed by atoms with E-state index in [2.05, 4.69) is 4.74 Å². The summed E-state index contributed by atoms with van der Waals surface area (Å²) in [6, 6.07) is 0. The van der Waals surface area contributed by atoms with Crippen LogP contribution in [0.3, 0.4) is 0 Å². The van der Waals surface area contributed by atoms with Crippen LogP contribution in [0.4, 0.5) is 0 Å². The molecule has 2 N–H and O–H groups in total. The van der Waals surface area contributed by atoms with Crippen molar-refractivity contribution in [3.8, 4) is 0 Å². The van der Waals surface area contributed by atoms with Gasteiger partial charge in [-0.1, -0.05) is 0 Å². The van der Waals surface area contributed by atoms with Crippen LogP contribution < -0.4 is 0 Å². The summed E-state index contributed by atoms with van der Waals surface area (Å²) < 4.78 is 4.46. The normalized spacial score (nSPS) is 10.9. The summed E-state index contributed by atoms with van der Waals surface area (Å²) in [4.78, 5) is 20.4. The van der Waals surface area contributed by atoms with Crippen molar-refractivity contribution in [1.29, 1.82) is 0 Å². The van der Waals surface area contributed by atoms with Gasteiger partial charge in [-0.15, -0.1) is 0 Å². The third-order valence-electron chi connectivity index (χ3n) is 1.14. The molecule has 0 aliphatic rings. The monoisotopic (exact) mass is 174 g/mol. The lowest BCUT2D eigenvalue weighted by atomic mass is 10.1. The van der Waals surface area contributed by atoms with Gasteiger partial charge in [0.2, 0.25) is 0 Å². The fourth-order valence-electron chi connectivity index (χ4n) is 0.600. The minimum absolute atomic E-state index is 0.0293. The second-order valence-electron chi connectivity index (χ2n) is 2.08. The Balaban J connectivity index is 4.06. The summed E-state index contributed by atoms with van der Waals surface area (Å²) in [6.07, 6.45) is 0.797. The molecule has 0 aliphatic carbocycles. The van der Waals surface area contributed by atoms with Crippen LogP contribution in [0.1, 0.15) is 12.8 Å². The molecule has 0 amide bonds. The third kappa shape index (κ3) is 4.32. The molecule has 0 fully saturated rings. The second-order valence-corrected chi connectivity index (χ2v) is 2.08. The van der Waals surface area contributed by atoms with E-state index < -0.39 is 11.9 Å². The van der Waals surface area contributed by atoms with Crippen LogP contribution in [0.15, 0.2) is 11.8 Å². The molecule has 0 bridgehead atoms. The molecule has 0 saturated carbocycles. The van der Waals surface area contributed by atoms with Crippen LogP contribution in [0, 0.1) is 0 Å². The van der Waals surface area contributed by atoms with Gasteiger partial charge >= 0.3 is 11.9 Å². The van der Waals surface area contributed by atoms with E-state index in [0.717, 1.165) is 6.26 Å². The standard InChI is InChI=1S/C7H10O5/c1-12-4-5(7(10)11)2-3-6(8)9/h4H,2-3H2,1H3,(H,8,9)(H,10,11). The Morgan fingerprint density at radius 1 is 1.33 bits per heavy atom. The van der Waals surface area contributed by atoms with Crippen molar-refractivity contribution in [2.24, 2.45) is 0 Å². The van der Waals surface area contributed by atoms with Crippen LogP contribution in [-0.2, 0) is 14.3 Å². The summed E-state index contributed by atoms with van der Waals surface area (Å²) >= 11 is 0. The van der Waals surface area contributed by atoms with Crippen molar-refractivity contribution in [2.45, 2.75) is 12.8 Å². The Labute approximate surface area is 69.3 Å². The zero-order valence-corrected chi connectivity index (χ0v) is 6.61. The second kappa shape index (κ2) is 5.17. The van der Waals surface area contributed by atoms with Crippen LogP contribution >= 0.6 is 0 Å². The first-order valence-electron chi connectivity index (χ1n) is 3.25. The predicted octanol–water partition coefficient (Wildman–Crippen LogP) is 0.466. The maximum atomic E-state index is 10.4. The van der Waals surface area contributed by atoms with Gasteiger partial charge in [0.15, 0.2) is 0 Å². The minimum Gasteiger partial charge on any atom is -0.504 e. The number of hydrogen-bond acceptors (Lipinski definition) is 3. The summed E-state index contributed by atoms with van der Waals surface area (Å²) in [5.41, 5.74) is -0.0418. The Morgan fingerprint density at radius 3 is 2.25 bits per heavy atom. The van der Waals surface area contributed by atoms with Crippen molar-refractivity contribution in [3.05, 3.63) is 11.8 Å². The number of carbonyl (C=O) groups is 2. The van der Waals surface area contributed by atoms with Crippen LogP contribution in [0.2, 0.25) is 0 Å². The van der Waals surface area contributed by atoms with E-state index >= 15 is 0 Å². The first kappa shape index (κ1) is 10.5. The highest BCUT2D eigenvalue weighted by Gasteiger charge is 2.09. The first-order chi connectivity index (χ1) is 5.57. The number of aliphatic carboxylic acids is 2. The zero-order valence-electron chi connectivity index (χ0n) is 6.61. The van der Waals surface area contributed by atoms with E-state index in [9.17, 15) is 9.59 Å². The minimum atomic E-state index is -1.15. The molecule has 0 aromatic heterocycles. The number of ether oxygens (including phenoxy) is 1. The van der Waals surface area contributed by atoms with Crippen molar-refractivity contribution < 1.29 is 24.5 Å². The summed E-state index contributed by atoms with van der Waals surface area (Å²) in [5, 5.41) is 16.7. The molecule has 0 atom stereocenters. The van der Waals surface area contributed by atoms with Crippen molar-refractivity contribution >= 4 is 11.9 Å². The van der Waals surface area contributed by atoms with E-state index in [1.807, 2.05) is 0 Å². The van der Waals surface area contributed by atoms with Crippen molar-refractivity contribution in [3.63, 3.8) is 0 Å². The van der Waals surface area contributed by atoms with E-state index in [-0.39, 0.29) is 18.4 Å². The molecule has 0 aromatic rings. The van der Waals surface area contributed by atoms with Gasteiger partial charge in [0, 0.05) is 6.42 Å². The maximum Gasteiger partial charge on any atom is 0.334 e. The van der Waals surface area contributed by atoms with Crippen LogP contribution in [0.25, 0.3) is 0 Å². The third-order valence-corrected chi connectivity index (χ3v) is 1.14. The lowest BCUT2D eigenvalue weighted by Gasteiger charge is -1.98. The molecule has 5 nitrogen and oxygen atoms in total. The molecule has 12 heavy (non-hydrogen) atoms. The Bertz CT molecular complexity index is 206. The SMILES string of the molecule is COC=C(CCC(=O)O)C(=O)O. The topological polar surface area (TPSA) is 83.8 Å². The molecular formula is C7H10O5. The van der Waals surface area contributed by atoms with Crippen LogP contribution in [-0.4, -0.2) is 29.3 Å². The molecule has 0 heterocycles. The van der Waals surface area contributed by atoms with Gasteiger partial charge < -0.3 is 14.9 Å². The number of methoxy groups -OCH3 is 1. The molecular weight excluding hydrogens is 164 g/mol. The van der Waals surface area contributed by atoms with Crippen LogP contribution in [0.5, 0.6) is 0 Å². The predicted molar refractivity (Wildman–Crippen MR) is 39.6 cm³/mol. The van der Waals surface area contributed by atoms with E-state index in [0.29, 0.717) is 0 Å². The van der Waals surface area contributed by atoms with Gasteiger partial charge in [-0.25, -0.2) is 4.79 Å². The lowest BCUT2D eigenvalue weighted by Crippen LogP contribution is -2.04. The summed E-state index contributed by atoms with van der Waals surface area (Å²) in [5.74, 6) is -2.18. The fraction of sp³-hybridized carbons (Fsp3) is 0.429. The molecule has 0 aromatic carbocycles. The summed E-state index contributed by atoms with van der Waals surface area (Å²) in [7, 11) is 1.31. The Kier molecular flexibility index (Phi) is 4.52. The van der Waals surface area contributed by atoms with Gasteiger partial charge in [-0.05, 0) is 6.42 Å². The smallest absolute Gasteiger partial charge is 0.334 e. The molecule has 0 saturated heterocycles. The quantitative estimate of drug-likeness (QED) is 0.467. The summed E-state index contributed by atoms with van der Waals surface area (Å²) in [6.45, 7) is 0. The van der Waals surface area contributed by atoms with E-state index in [1.165, 1.54) is 7.11 Å². The molecule has 0 radical (unpaired) electrons. The van der Waals surface area contributed by atoms with Crippen molar-refractivity contribution in [1.82, 2.24) is 0 Å². The Morgan fingerprint density at radius 2 is 1.92 bits per heavy atom. The first-order valence-corrected chi connectivity index (χ1v) is 3.25. The molecule has 0 rings (SSSR count). The number of carboxylic acids is 2. The number of carboxylic acid groups (broad SMARTS) is 2. The Hall–Kier alpha value is -1.52. The molecule has 0 unspecified atom stereocenters. The largest absolute Gasteiger partial charge is 0.504 e. The van der Waals surface area contributed by atoms with E-state index in [1.54, 1.807) is 0 Å². The molecule has 0 spiro atoms. The van der Waals surface area contributed by atoms with Gasteiger partial charge in [-0.3, -0.25) is 4.79 Å². The zero-order chi connectivity index (χ0) is 9.56. The average molecular weight is 174 g/mol. The van der Waals surface area contributed by atoms with Gasteiger partial charge in [0.25, 0.3) is 0 Å². The maximum absolute atomic E-state index is 10.4. The highest BCUT2D eigenvalue weighted by molar-refractivity contribution is 5.86. The lowest BCUT2D eigenvalue weighted by molar-refractivity contribution is -0.137. The highest BCUT2D eigenvalue weighted by Crippen LogP contribution is 2.04. The van der Waals surface area contributed by atoms with Gasteiger partial charge in [0.1, 0.15) is 0 Å².